The summed E-state index contributed by atoms with van der Waals surface area (Å²) in [5.74, 6) is 0. The van der Waals surface area contributed by atoms with Crippen molar-refractivity contribution in [2.24, 2.45) is 0 Å². The van der Waals surface area contributed by atoms with Gasteiger partial charge in [-0.3, -0.25) is 0 Å². The van der Waals surface area contributed by atoms with Crippen LogP contribution in [0.15, 0.2) is 192 Å². The molecule has 12 aromatic rings. The summed E-state index contributed by atoms with van der Waals surface area (Å²) in [4.78, 5) is 0. The van der Waals surface area contributed by atoms with Crippen molar-refractivity contribution >= 4 is 91.8 Å². The average molecular weight is 781 g/mol. The predicted molar refractivity (Wildman–Crippen MR) is 258 cm³/mol. The molecule has 60 heavy (non-hydrogen) atoms. The molecule has 280 valence electrons. The van der Waals surface area contributed by atoms with E-state index in [1.54, 1.807) is 0 Å². The highest BCUT2D eigenvalue weighted by Crippen LogP contribution is 2.50. The summed E-state index contributed by atoms with van der Waals surface area (Å²) in [5.41, 5.74) is 14.8. The Morgan fingerprint density at radius 1 is 0.383 bits per heavy atom. The minimum absolute atomic E-state index is 0.913. The normalized spacial score (nSPS) is 12.8. The molecular formula is C58H36OS. The maximum atomic E-state index is 6.43. The van der Waals surface area contributed by atoms with Gasteiger partial charge >= 0.3 is 0 Å². The second kappa shape index (κ2) is 13.1. The van der Waals surface area contributed by atoms with Gasteiger partial charge in [0.05, 0.1) is 0 Å². The summed E-state index contributed by atoms with van der Waals surface area (Å²) in [6.45, 7) is 0. The first kappa shape index (κ1) is 33.7. The number of hydrogen-bond donors (Lipinski definition) is 0. The fraction of sp³-hybridized carbons (Fsp3) is 0.0345. The number of hydrogen-bond acceptors (Lipinski definition) is 2. The molecule has 2 aromatic heterocycles. The van der Waals surface area contributed by atoms with Crippen molar-refractivity contribution in [2.45, 2.75) is 12.8 Å². The minimum Gasteiger partial charge on any atom is -0.456 e. The summed E-state index contributed by atoms with van der Waals surface area (Å²) < 4.78 is 9.05. The number of allylic oxidation sites excluding steroid dienone is 1. The molecule has 0 unspecified atom stereocenters. The highest BCUT2D eigenvalue weighted by atomic mass is 32.1. The molecule has 0 fully saturated rings. The van der Waals surface area contributed by atoms with Crippen molar-refractivity contribution in [1.82, 2.24) is 0 Å². The molecule has 1 aliphatic rings. The standard InChI is InChI=1S/C58H36OS/c1-2-15-35(16-3-1)54-40-18-4-6-20-42(40)55(43-21-7-5-19-41(43)54)36-30-32-52-49(33-36)58-48(26-14-28-53(58)60-52)57-46-24-10-8-22-44(46)56(45-23-9-11-25-47(45)57)37-29-31-39-38-17-12-13-27-50(38)59-51(39)34-37/h1-6,8-20,22-34H,7,21H2. The van der Waals surface area contributed by atoms with Gasteiger partial charge < -0.3 is 4.42 Å². The van der Waals surface area contributed by atoms with E-state index in [4.69, 9.17) is 4.42 Å². The molecule has 0 atom stereocenters. The van der Waals surface area contributed by atoms with E-state index in [9.17, 15) is 0 Å². The first-order chi connectivity index (χ1) is 29.8. The van der Waals surface area contributed by atoms with Gasteiger partial charge in [-0.25, -0.2) is 0 Å². The van der Waals surface area contributed by atoms with Crippen LogP contribution in [-0.4, -0.2) is 0 Å². The maximum Gasteiger partial charge on any atom is 0.136 e. The summed E-state index contributed by atoms with van der Waals surface area (Å²) >= 11 is 1.90. The number of fused-ring (bicyclic) bond motifs is 10. The van der Waals surface area contributed by atoms with Crippen LogP contribution in [0.5, 0.6) is 0 Å². The van der Waals surface area contributed by atoms with Crippen LogP contribution in [0, 0.1) is 0 Å². The van der Waals surface area contributed by atoms with Crippen LogP contribution in [0.25, 0.3) is 125 Å². The lowest BCUT2D eigenvalue weighted by molar-refractivity contribution is 0.669. The summed E-state index contributed by atoms with van der Waals surface area (Å²) in [6, 6.07) is 67.2. The van der Waals surface area contributed by atoms with Crippen LogP contribution in [-0.2, 0) is 6.42 Å². The zero-order valence-electron chi connectivity index (χ0n) is 32.7. The topological polar surface area (TPSA) is 13.1 Å². The Kier molecular flexibility index (Phi) is 7.37. The lowest BCUT2D eigenvalue weighted by Crippen LogP contribution is -2.02. The molecule has 2 heterocycles. The highest BCUT2D eigenvalue weighted by Gasteiger charge is 2.24. The fourth-order valence-corrected chi connectivity index (χ4v) is 11.5. The summed E-state index contributed by atoms with van der Waals surface area (Å²) in [6.07, 6.45) is 6.80. The Balaban J connectivity index is 1.07. The van der Waals surface area contributed by atoms with Crippen LogP contribution in [0.2, 0.25) is 0 Å². The molecule has 13 rings (SSSR count). The van der Waals surface area contributed by atoms with Crippen molar-refractivity contribution in [3.05, 3.63) is 199 Å². The third-order valence-electron chi connectivity index (χ3n) is 12.9. The lowest BCUT2D eigenvalue weighted by Gasteiger charge is -2.24. The first-order valence-corrected chi connectivity index (χ1v) is 21.7. The third-order valence-corrected chi connectivity index (χ3v) is 14.1. The van der Waals surface area contributed by atoms with Gasteiger partial charge in [0, 0.05) is 30.9 Å². The first-order valence-electron chi connectivity index (χ1n) is 20.9. The number of furan rings is 1. The van der Waals surface area contributed by atoms with E-state index in [0.717, 1.165) is 40.3 Å². The quantitative estimate of drug-likeness (QED) is 0.162. The van der Waals surface area contributed by atoms with E-state index < -0.39 is 0 Å². The van der Waals surface area contributed by atoms with E-state index >= 15 is 0 Å². The van der Waals surface area contributed by atoms with E-state index in [-0.39, 0.29) is 0 Å². The Labute approximate surface area is 351 Å². The molecule has 10 aromatic carbocycles. The molecule has 0 aliphatic heterocycles. The molecule has 0 bridgehead atoms. The van der Waals surface area contributed by atoms with Crippen molar-refractivity contribution in [3.63, 3.8) is 0 Å². The molecule has 1 nitrogen and oxygen atoms in total. The molecule has 0 N–H and O–H groups in total. The van der Waals surface area contributed by atoms with Gasteiger partial charge in [0.1, 0.15) is 11.2 Å². The Hall–Kier alpha value is -7.26. The van der Waals surface area contributed by atoms with E-state index in [1.807, 2.05) is 17.4 Å². The van der Waals surface area contributed by atoms with Gasteiger partial charge in [-0.2, -0.15) is 0 Å². The van der Waals surface area contributed by atoms with Crippen LogP contribution >= 0.6 is 11.3 Å². The van der Waals surface area contributed by atoms with Crippen molar-refractivity contribution in [1.29, 1.82) is 0 Å². The number of benzene rings is 10. The molecular weight excluding hydrogens is 745 g/mol. The monoisotopic (exact) mass is 780 g/mol. The zero-order chi connectivity index (χ0) is 39.3. The second-order valence-corrected chi connectivity index (χ2v) is 17.2. The molecule has 0 spiro atoms. The number of rotatable bonds is 4. The number of thiophene rings is 1. The summed E-state index contributed by atoms with van der Waals surface area (Å²) in [5, 5.41) is 12.5. The minimum atomic E-state index is 0.913. The van der Waals surface area contributed by atoms with Gasteiger partial charge in [-0.1, -0.05) is 158 Å². The van der Waals surface area contributed by atoms with Crippen molar-refractivity contribution < 1.29 is 4.42 Å². The van der Waals surface area contributed by atoms with Gasteiger partial charge in [-0.05, 0) is 137 Å². The average Bonchev–Trinajstić information content (AvgIpc) is 3.88. The molecule has 1 aliphatic carbocycles. The Morgan fingerprint density at radius 2 is 0.983 bits per heavy atom. The SMILES string of the molecule is C1=Cc2c(c(-c3ccc4sc5cccc(-c6c7ccccc7c(-c7ccc8c(c7)oc7ccccc78)c7ccccc67)c5c4c3)c3ccccc3c2-c2ccccc2)CC1. The van der Waals surface area contributed by atoms with Gasteiger partial charge in [0.15, 0.2) is 0 Å². The van der Waals surface area contributed by atoms with Crippen LogP contribution in [0.4, 0.5) is 0 Å². The molecule has 0 saturated heterocycles. The van der Waals surface area contributed by atoms with Crippen LogP contribution in [0.3, 0.4) is 0 Å². The van der Waals surface area contributed by atoms with Crippen molar-refractivity contribution in [3.8, 4) is 44.5 Å². The van der Waals surface area contributed by atoms with Crippen molar-refractivity contribution in [2.75, 3.05) is 0 Å². The zero-order valence-corrected chi connectivity index (χ0v) is 33.5. The van der Waals surface area contributed by atoms with Crippen LogP contribution in [0.1, 0.15) is 17.5 Å². The Morgan fingerprint density at radius 3 is 1.73 bits per heavy atom. The Bertz CT molecular complexity index is 3710. The molecule has 0 radical (unpaired) electrons. The van der Waals surface area contributed by atoms with Gasteiger partial charge in [0.25, 0.3) is 0 Å². The maximum absolute atomic E-state index is 6.43. The fourth-order valence-electron chi connectivity index (χ4n) is 10.4. The molecule has 2 heteroatoms. The third kappa shape index (κ3) is 4.92. The molecule has 0 amide bonds. The number of para-hydroxylation sites is 1. The predicted octanol–water partition coefficient (Wildman–Crippen LogP) is 17.0. The second-order valence-electron chi connectivity index (χ2n) is 16.1. The summed E-state index contributed by atoms with van der Waals surface area (Å²) in [7, 11) is 0. The lowest BCUT2D eigenvalue weighted by atomic mass is 9.80. The largest absolute Gasteiger partial charge is 0.456 e. The van der Waals surface area contributed by atoms with Gasteiger partial charge in [-0.15, -0.1) is 11.3 Å². The van der Waals surface area contributed by atoms with E-state index in [1.165, 1.54) is 103 Å². The van der Waals surface area contributed by atoms with E-state index in [0.29, 0.717) is 0 Å². The smallest absolute Gasteiger partial charge is 0.136 e. The van der Waals surface area contributed by atoms with Crippen LogP contribution < -0.4 is 0 Å². The van der Waals surface area contributed by atoms with E-state index in [2.05, 4.69) is 188 Å². The molecule has 0 saturated carbocycles. The highest BCUT2D eigenvalue weighted by molar-refractivity contribution is 7.26. The van der Waals surface area contributed by atoms with Gasteiger partial charge in [0.2, 0.25) is 0 Å².